The number of nitrogens with zero attached hydrogens (tertiary/aromatic N) is 6. The van der Waals surface area contributed by atoms with Crippen LogP contribution in [0.15, 0.2) is 30.6 Å². The number of rotatable bonds is 4. The molecule has 3 atom stereocenters. The molecule has 9 nitrogen and oxygen atoms in total. The lowest BCUT2D eigenvalue weighted by atomic mass is 10.1. The smallest absolute Gasteiger partial charge is 0.150 e. The van der Waals surface area contributed by atoms with E-state index in [1.165, 1.54) is 5.69 Å². The lowest BCUT2D eigenvalue weighted by Crippen LogP contribution is -2.54. The van der Waals surface area contributed by atoms with Gasteiger partial charge < -0.3 is 24.6 Å². The van der Waals surface area contributed by atoms with Crippen molar-refractivity contribution in [2.45, 2.75) is 51.4 Å². The molecule has 3 aromatic rings. The van der Waals surface area contributed by atoms with Crippen LogP contribution in [0.4, 0.5) is 11.5 Å². The Morgan fingerprint density at radius 1 is 1.06 bits per heavy atom. The summed E-state index contributed by atoms with van der Waals surface area (Å²) in [6.07, 6.45) is 6.92. The van der Waals surface area contributed by atoms with Crippen molar-refractivity contribution < 1.29 is 9.47 Å². The van der Waals surface area contributed by atoms with Crippen LogP contribution in [0.3, 0.4) is 0 Å². The highest BCUT2D eigenvalue weighted by Gasteiger charge is 2.28. The van der Waals surface area contributed by atoms with Crippen LogP contribution < -0.4 is 15.1 Å². The van der Waals surface area contributed by atoms with Gasteiger partial charge in [0.25, 0.3) is 0 Å². The van der Waals surface area contributed by atoms with Crippen LogP contribution in [0.25, 0.3) is 22.3 Å². The summed E-state index contributed by atoms with van der Waals surface area (Å²) in [5.41, 5.74) is 3.96. The van der Waals surface area contributed by atoms with E-state index in [4.69, 9.17) is 19.4 Å². The third-order valence-corrected chi connectivity index (χ3v) is 7.44. The number of anilines is 2. The molecule has 6 heterocycles. The lowest BCUT2D eigenvalue weighted by Gasteiger charge is -2.40. The fourth-order valence-corrected chi connectivity index (χ4v) is 5.51. The second kappa shape index (κ2) is 9.72. The van der Waals surface area contributed by atoms with E-state index in [0.29, 0.717) is 12.1 Å². The maximum absolute atomic E-state index is 6.08. The summed E-state index contributed by atoms with van der Waals surface area (Å²) in [6, 6.07) is 7.23. The van der Waals surface area contributed by atoms with Gasteiger partial charge >= 0.3 is 0 Å². The maximum Gasteiger partial charge on any atom is 0.150 e. The van der Waals surface area contributed by atoms with Gasteiger partial charge in [0, 0.05) is 68.7 Å². The molecule has 35 heavy (non-hydrogen) atoms. The van der Waals surface area contributed by atoms with Crippen molar-refractivity contribution in [1.29, 1.82) is 0 Å². The predicted octanol–water partition coefficient (Wildman–Crippen LogP) is 3.22. The molecule has 3 saturated heterocycles. The SMILES string of the molecule is CC1CN(c2cc(N3CCOCC3)nc3c(-c4ccnn4C4CCCCO4)nccc23)C(C)CN1. The largest absolute Gasteiger partial charge is 0.378 e. The monoisotopic (exact) mass is 477 g/mol. The molecular formula is C26H35N7O2. The van der Waals surface area contributed by atoms with E-state index >= 15 is 0 Å². The van der Waals surface area contributed by atoms with Crippen molar-refractivity contribution in [3.8, 4) is 11.4 Å². The van der Waals surface area contributed by atoms with Crippen molar-refractivity contribution >= 4 is 22.4 Å². The molecule has 0 radical (unpaired) electrons. The molecule has 0 aliphatic carbocycles. The highest BCUT2D eigenvalue weighted by Crippen LogP contribution is 2.37. The number of ether oxygens (including phenoxy) is 2. The normalized spacial score (nSPS) is 25.8. The summed E-state index contributed by atoms with van der Waals surface area (Å²) < 4.78 is 13.7. The second-order valence-corrected chi connectivity index (χ2v) is 9.95. The maximum atomic E-state index is 6.08. The molecule has 0 bridgehead atoms. The van der Waals surface area contributed by atoms with Crippen LogP contribution in [-0.4, -0.2) is 77.8 Å². The number of aromatic nitrogens is 4. The van der Waals surface area contributed by atoms with Gasteiger partial charge in [-0.1, -0.05) is 0 Å². The van der Waals surface area contributed by atoms with E-state index in [9.17, 15) is 0 Å². The zero-order valence-corrected chi connectivity index (χ0v) is 20.7. The van der Waals surface area contributed by atoms with Crippen LogP contribution in [0.2, 0.25) is 0 Å². The van der Waals surface area contributed by atoms with E-state index in [1.54, 1.807) is 0 Å². The van der Waals surface area contributed by atoms with Crippen LogP contribution >= 0.6 is 0 Å². The Balaban J connectivity index is 1.51. The molecule has 9 heteroatoms. The summed E-state index contributed by atoms with van der Waals surface area (Å²) in [7, 11) is 0. The third-order valence-electron chi connectivity index (χ3n) is 7.44. The molecule has 3 aromatic heterocycles. The Bertz CT molecular complexity index is 1170. The third kappa shape index (κ3) is 4.37. The minimum absolute atomic E-state index is 0.0539. The first-order valence-corrected chi connectivity index (χ1v) is 13.0. The van der Waals surface area contributed by atoms with Gasteiger partial charge in [-0.3, -0.25) is 4.98 Å². The van der Waals surface area contributed by atoms with Crippen molar-refractivity contribution in [2.24, 2.45) is 0 Å². The van der Waals surface area contributed by atoms with Gasteiger partial charge in [-0.15, -0.1) is 0 Å². The summed E-state index contributed by atoms with van der Waals surface area (Å²) >= 11 is 0. The molecule has 3 aliphatic rings. The Kier molecular flexibility index (Phi) is 6.30. The standard InChI is InChI=1S/C26H35N7O2/c1-18-17-32(19(2)16-28-18)22-15-23(31-10-13-34-14-11-31)30-25-20(22)6-8-27-26(25)21-7-9-29-33(21)24-5-3-4-12-35-24/h6-9,15,18-19,24,28H,3-5,10-14,16-17H2,1-2H3. The van der Waals surface area contributed by atoms with E-state index in [0.717, 1.165) is 93.4 Å². The average molecular weight is 478 g/mol. The number of piperazine rings is 1. The quantitative estimate of drug-likeness (QED) is 0.614. The summed E-state index contributed by atoms with van der Waals surface area (Å²) in [4.78, 5) is 14.9. The molecule has 0 aromatic carbocycles. The first-order chi connectivity index (χ1) is 17.2. The number of hydrogen-bond acceptors (Lipinski definition) is 8. The average Bonchev–Trinajstić information content (AvgIpc) is 3.40. The van der Waals surface area contributed by atoms with Gasteiger partial charge in [0.2, 0.25) is 0 Å². The second-order valence-electron chi connectivity index (χ2n) is 9.95. The van der Waals surface area contributed by atoms with Crippen LogP contribution in [0, 0.1) is 0 Å². The topological polar surface area (TPSA) is 80.6 Å². The fourth-order valence-electron chi connectivity index (χ4n) is 5.51. The zero-order chi connectivity index (χ0) is 23.8. The van der Waals surface area contributed by atoms with Crippen molar-refractivity contribution in [3.63, 3.8) is 0 Å². The van der Waals surface area contributed by atoms with Crippen LogP contribution in [0.5, 0.6) is 0 Å². The highest BCUT2D eigenvalue weighted by molar-refractivity contribution is 6.00. The number of fused-ring (bicyclic) bond motifs is 1. The molecule has 6 rings (SSSR count). The van der Waals surface area contributed by atoms with Crippen molar-refractivity contribution in [3.05, 3.63) is 30.6 Å². The molecule has 3 unspecified atom stereocenters. The molecule has 186 valence electrons. The van der Waals surface area contributed by atoms with Gasteiger partial charge in [-0.2, -0.15) is 5.10 Å². The molecule has 3 aliphatic heterocycles. The minimum atomic E-state index is -0.0539. The van der Waals surface area contributed by atoms with E-state index in [1.807, 2.05) is 23.1 Å². The summed E-state index contributed by atoms with van der Waals surface area (Å²) in [5, 5.41) is 9.39. The number of morpholine rings is 1. The van der Waals surface area contributed by atoms with Gasteiger partial charge in [0.1, 0.15) is 17.0 Å². The molecule has 0 spiro atoms. The van der Waals surface area contributed by atoms with E-state index in [2.05, 4.69) is 46.2 Å². The summed E-state index contributed by atoms with van der Waals surface area (Å²) in [6.45, 7) is 10.4. The number of pyridine rings is 2. The molecule has 1 N–H and O–H groups in total. The lowest BCUT2D eigenvalue weighted by molar-refractivity contribution is -0.0383. The Labute approximate surface area is 206 Å². The number of hydrogen-bond donors (Lipinski definition) is 1. The predicted molar refractivity (Wildman–Crippen MR) is 137 cm³/mol. The summed E-state index contributed by atoms with van der Waals surface area (Å²) in [5.74, 6) is 0.989. The first-order valence-electron chi connectivity index (χ1n) is 13.0. The van der Waals surface area contributed by atoms with Crippen LogP contribution in [-0.2, 0) is 9.47 Å². The highest BCUT2D eigenvalue weighted by atomic mass is 16.5. The zero-order valence-electron chi connectivity index (χ0n) is 20.7. The molecule has 3 fully saturated rings. The van der Waals surface area contributed by atoms with Crippen molar-refractivity contribution in [2.75, 3.05) is 55.8 Å². The van der Waals surface area contributed by atoms with Gasteiger partial charge in [-0.05, 0) is 45.2 Å². The minimum Gasteiger partial charge on any atom is -0.378 e. The van der Waals surface area contributed by atoms with Gasteiger partial charge in [0.15, 0.2) is 6.23 Å². The van der Waals surface area contributed by atoms with Crippen LogP contribution in [0.1, 0.15) is 39.3 Å². The van der Waals surface area contributed by atoms with E-state index in [-0.39, 0.29) is 6.23 Å². The van der Waals surface area contributed by atoms with Gasteiger partial charge in [-0.25, -0.2) is 9.67 Å². The first kappa shape index (κ1) is 22.7. The Morgan fingerprint density at radius 2 is 1.94 bits per heavy atom. The Morgan fingerprint density at radius 3 is 2.77 bits per heavy atom. The van der Waals surface area contributed by atoms with E-state index < -0.39 is 0 Å². The molecular weight excluding hydrogens is 442 g/mol. The molecule has 0 saturated carbocycles. The fraction of sp³-hybridized carbons (Fsp3) is 0.577. The van der Waals surface area contributed by atoms with Crippen molar-refractivity contribution in [1.82, 2.24) is 25.1 Å². The van der Waals surface area contributed by atoms with Gasteiger partial charge in [0.05, 0.1) is 24.6 Å². The Hall–Kier alpha value is -2.75. The molecule has 0 amide bonds. The number of nitrogens with one attached hydrogen (secondary N) is 1.